The van der Waals surface area contributed by atoms with Gasteiger partial charge in [-0.1, -0.05) is 11.6 Å². The van der Waals surface area contributed by atoms with Gasteiger partial charge in [0.15, 0.2) is 5.82 Å². The first-order valence-electron chi connectivity index (χ1n) is 2.86. The predicted octanol–water partition coefficient (Wildman–Crippen LogP) is 2.74. The summed E-state index contributed by atoms with van der Waals surface area (Å²) in [5.41, 5.74) is 0. The second kappa shape index (κ2) is 2.99. The molecule has 11 heavy (non-hydrogen) atoms. The van der Waals surface area contributed by atoms with Crippen molar-refractivity contribution in [2.75, 3.05) is 0 Å². The first kappa shape index (κ1) is 7.94. The molecule has 2 heterocycles. The molecule has 0 aliphatic carbocycles. The maximum absolute atomic E-state index is 5.91. The Morgan fingerprint density at radius 3 is 3.27 bits per heavy atom. The van der Waals surface area contributed by atoms with Gasteiger partial charge >= 0.3 is 0 Å². The summed E-state index contributed by atoms with van der Waals surface area (Å²) < 4.78 is 4.00. The minimum Gasteiger partial charge on any atom is -0.276 e. The molecule has 1 aromatic rings. The van der Waals surface area contributed by atoms with E-state index in [-0.39, 0.29) is 21.0 Å². The van der Waals surface area contributed by atoms with Crippen LogP contribution in [-0.2, 0) is 0 Å². The van der Waals surface area contributed by atoms with Gasteiger partial charge in [-0.25, -0.2) is 4.98 Å². The van der Waals surface area contributed by atoms with Crippen LogP contribution in [0.1, 0.15) is 5.82 Å². The molecule has 0 N–H and O–H groups in total. The van der Waals surface area contributed by atoms with Crippen LogP contribution in [0, 0.1) is 0 Å². The van der Waals surface area contributed by atoms with Crippen molar-refractivity contribution in [3.8, 4) is 0 Å². The second-order valence-electron chi connectivity index (χ2n) is 1.93. The lowest BCUT2D eigenvalue weighted by molar-refractivity contribution is 1.23. The third kappa shape index (κ3) is 1.43. The van der Waals surface area contributed by atoms with Crippen LogP contribution in [0.3, 0.4) is 0 Å². The van der Waals surface area contributed by atoms with E-state index in [1.54, 1.807) is 6.20 Å². The van der Waals surface area contributed by atoms with Crippen LogP contribution in [0.4, 0.5) is 0 Å². The number of imidazole rings is 1. The highest BCUT2D eigenvalue weighted by Crippen LogP contribution is 2.29. The van der Waals surface area contributed by atoms with E-state index in [9.17, 15) is 0 Å². The van der Waals surface area contributed by atoms with E-state index in [1.807, 2.05) is 12.3 Å². The molecule has 0 spiro atoms. The van der Waals surface area contributed by atoms with Crippen LogP contribution in [-0.4, -0.2) is 10.7 Å². The summed E-state index contributed by atoms with van der Waals surface area (Å²) in [5, 5.41) is 0. The van der Waals surface area contributed by atoms with Crippen molar-refractivity contribution in [3.05, 3.63) is 24.3 Å². The molecule has 0 amide bonds. The average molecular weight is 345 g/mol. The van der Waals surface area contributed by atoms with Gasteiger partial charge in [-0.05, 0) is 22.0 Å². The van der Waals surface area contributed by atoms with Crippen molar-refractivity contribution in [1.29, 1.82) is 0 Å². The maximum Gasteiger partial charge on any atom is 0.155 e. The zero-order valence-corrected chi connectivity index (χ0v) is 9.76. The fourth-order valence-corrected chi connectivity index (χ4v) is 4.64. The molecule has 0 bridgehead atoms. The Morgan fingerprint density at radius 1 is 1.64 bits per heavy atom. The third-order valence-electron chi connectivity index (χ3n) is 1.22. The number of rotatable bonds is 0. The Morgan fingerprint density at radius 2 is 2.45 bits per heavy atom. The fraction of sp³-hybridized carbons (Fsp3) is 0. The molecule has 1 aliphatic heterocycles. The van der Waals surface area contributed by atoms with Crippen LogP contribution in [0.5, 0.6) is 0 Å². The Balaban J connectivity index is 2.66. The van der Waals surface area contributed by atoms with Crippen molar-refractivity contribution >= 4 is 56.0 Å². The smallest absolute Gasteiger partial charge is 0.155 e. The number of allylic oxidation sites excluding steroid dienone is 1. The third-order valence-corrected chi connectivity index (χ3v) is 4.41. The number of hydrogen-bond donors (Lipinski definition) is 0. The van der Waals surface area contributed by atoms with E-state index in [4.69, 9.17) is 11.6 Å². The molecule has 0 fully saturated rings. The summed E-state index contributed by atoms with van der Waals surface area (Å²) >= 11 is 9.08. The van der Waals surface area contributed by atoms with Gasteiger partial charge in [0.25, 0.3) is 0 Å². The molecular formula is C6H3BrClIN2. The summed E-state index contributed by atoms with van der Waals surface area (Å²) in [7, 11) is 0. The molecule has 2 nitrogen and oxygen atoms in total. The van der Waals surface area contributed by atoms with Crippen LogP contribution in [0.2, 0.25) is 0 Å². The number of aromatic nitrogens is 2. The van der Waals surface area contributed by atoms with Gasteiger partial charge in [0, 0.05) is 33.4 Å². The zero-order chi connectivity index (χ0) is 7.84. The second-order valence-corrected chi connectivity index (χ2v) is 6.51. The van der Waals surface area contributed by atoms with E-state index < -0.39 is 0 Å². The highest BCUT2D eigenvalue weighted by atomic mass is 127. The predicted molar refractivity (Wildman–Crippen MR) is 59.4 cm³/mol. The van der Waals surface area contributed by atoms with Crippen molar-refractivity contribution in [2.24, 2.45) is 0 Å². The minimum absolute atomic E-state index is 0.227. The number of fused-ring (bicyclic) bond motifs is 1. The van der Waals surface area contributed by atoms with Crippen LogP contribution in [0.25, 0.3) is 4.48 Å². The Hall–Kier alpha value is 0.320. The molecule has 1 aliphatic rings. The Kier molecular flexibility index (Phi) is 2.16. The highest BCUT2D eigenvalue weighted by Gasteiger charge is 2.10. The van der Waals surface area contributed by atoms with Crippen LogP contribution in [0.15, 0.2) is 18.5 Å². The van der Waals surface area contributed by atoms with Gasteiger partial charge in [0.05, 0.1) is 7.45 Å². The molecule has 5 heteroatoms. The standard InChI is InChI=1S/C6H3BrClIN2/c7-4-3-5(8)9-11-2-1-10-6(4)11/h1-3H. The summed E-state index contributed by atoms with van der Waals surface area (Å²) in [6.07, 6.45) is 5.68. The quantitative estimate of drug-likeness (QED) is 0.661. The molecule has 0 aromatic carbocycles. The number of hydrogen-bond acceptors (Lipinski definition) is 1. The minimum atomic E-state index is -0.227. The number of nitrogens with zero attached hydrogens (tertiary/aromatic N) is 2. The molecule has 0 radical (unpaired) electrons. The molecule has 1 aromatic heterocycles. The van der Waals surface area contributed by atoms with E-state index >= 15 is 0 Å². The molecule has 0 saturated heterocycles. The van der Waals surface area contributed by atoms with Gasteiger partial charge < -0.3 is 0 Å². The average Bonchev–Trinajstić information content (AvgIpc) is 2.34. The lowest BCUT2D eigenvalue weighted by Crippen LogP contribution is -1.95. The molecular weight excluding hydrogens is 342 g/mol. The largest absolute Gasteiger partial charge is 0.276 e. The Labute approximate surface area is 87.5 Å². The first-order chi connectivity index (χ1) is 5.27. The normalized spacial score (nSPS) is 16.2. The van der Waals surface area contributed by atoms with E-state index in [1.165, 1.54) is 0 Å². The van der Waals surface area contributed by atoms with Gasteiger partial charge in [-0.2, -0.15) is 0 Å². The zero-order valence-electron chi connectivity index (χ0n) is 5.26. The van der Waals surface area contributed by atoms with Gasteiger partial charge in [-0.15, -0.1) is 0 Å². The van der Waals surface area contributed by atoms with Crippen molar-refractivity contribution in [2.45, 2.75) is 0 Å². The monoisotopic (exact) mass is 344 g/mol. The molecule has 58 valence electrons. The van der Waals surface area contributed by atoms with Gasteiger partial charge in [-0.3, -0.25) is 2.78 Å². The summed E-state index contributed by atoms with van der Waals surface area (Å²) in [5.74, 6) is 0.988. The highest BCUT2D eigenvalue weighted by molar-refractivity contribution is 14.2. The van der Waals surface area contributed by atoms with Gasteiger partial charge in [0.2, 0.25) is 0 Å². The van der Waals surface area contributed by atoms with E-state index in [0.29, 0.717) is 0 Å². The Bertz CT molecular complexity index is 355. The van der Waals surface area contributed by atoms with Crippen molar-refractivity contribution < 1.29 is 0 Å². The topological polar surface area (TPSA) is 17.8 Å². The molecule has 0 unspecified atom stereocenters. The fourth-order valence-electron chi connectivity index (χ4n) is 0.792. The molecule has 0 atom stereocenters. The first-order valence-corrected chi connectivity index (χ1v) is 6.07. The van der Waals surface area contributed by atoms with Crippen LogP contribution >= 0.6 is 48.5 Å². The number of halogens is 3. The van der Waals surface area contributed by atoms with Crippen molar-refractivity contribution in [3.63, 3.8) is 0 Å². The molecule has 2 rings (SSSR count). The maximum atomic E-state index is 5.91. The lowest BCUT2D eigenvalue weighted by Gasteiger charge is -2.05. The summed E-state index contributed by atoms with van der Waals surface area (Å²) in [4.78, 5) is 4.18. The van der Waals surface area contributed by atoms with Crippen LogP contribution < -0.4 is 0 Å². The molecule has 0 saturated carbocycles. The van der Waals surface area contributed by atoms with E-state index in [2.05, 4.69) is 23.7 Å². The van der Waals surface area contributed by atoms with Crippen molar-refractivity contribution in [1.82, 2.24) is 7.76 Å². The van der Waals surface area contributed by atoms with E-state index in [0.717, 1.165) is 13.3 Å². The van der Waals surface area contributed by atoms with Gasteiger partial charge in [0.1, 0.15) is 0 Å². The summed E-state index contributed by atoms with van der Waals surface area (Å²) in [6.45, 7) is 0. The summed E-state index contributed by atoms with van der Waals surface area (Å²) in [6, 6.07) is 0. The lowest BCUT2D eigenvalue weighted by atomic mass is 10.5. The SMILES string of the molecule is ClC1=In2ccnc2C(Br)=C1.